The number of aliphatic hydroxyl groups is 1. The van der Waals surface area contributed by atoms with E-state index in [9.17, 15) is 5.11 Å². The van der Waals surface area contributed by atoms with Crippen LogP contribution in [-0.2, 0) is 29.3 Å². The summed E-state index contributed by atoms with van der Waals surface area (Å²) in [6.07, 6.45) is 4.43. The number of fused-ring (bicyclic) bond motifs is 1. The predicted molar refractivity (Wildman–Crippen MR) is 153 cm³/mol. The second kappa shape index (κ2) is 5.84. The van der Waals surface area contributed by atoms with Crippen molar-refractivity contribution in [2.75, 3.05) is 0 Å². The minimum absolute atomic E-state index is 0.0558. The van der Waals surface area contributed by atoms with Crippen molar-refractivity contribution in [1.29, 1.82) is 0 Å². The van der Waals surface area contributed by atoms with Gasteiger partial charge < -0.3 is 5.11 Å². The third-order valence-electron chi connectivity index (χ3n) is 11.2. The van der Waals surface area contributed by atoms with E-state index >= 15 is 0 Å². The van der Waals surface area contributed by atoms with Crippen LogP contribution in [0.4, 0.5) is 0 Å². The molecule has 11 bridgehead atoms. The summed E-state index contributed by atoms with van der Waals surface area (Å²) in [5.41, 5.74) is 15.7. The van der Waals surface area contributed by atoms with Gasteiger partial charge in [-0.2, -0.15) is 0 Å². The average molecular weight is 485 g/mol. The van der Waals surface area contributed by atoms with Gasteiger partial charge in [0.05, 0.1) is 5.41 Å². The zero-order chi connectivity index (χ0) is 25.5. The second-order valence-corrected chi connectivity index (χ2v) is 13.9. The highest BCUT2D eigenvalue weighted by Gasteiger charge is 2.84. The van der Waals surface area contributed by atoms with Crippen molar-refractivity contribution >= 4 is 21.5 Å². The van der Waals surface area contributed by atoms with Gasteiger partial charge in [-0.15, -0.1) is 0 Å². The largest absolute Gasteiger partial charge is 0.379 e. The fraction of sp³-hybridized carbons (Fsp3) is 0.444. The van der Waals surface area contributed by atoms with Crippen LogP contribution in [0.5, 0.6) is 0 Å². The Morgan fingerprint density at radius 1 is 0.676 bits per heavy atom. The van der Waals surface area contributed by atoms with Gasteiger partial charge in [0.1, 0.15) is 5.60 Å². The lowest BCUT2D eigenvalue weighted by Gasteiger charge is -2.73. The number of benzene rings is 4. The number of hydrogen-bond donors (Lipinski definition) is 1. The fourth-order valence-electron chi connectivity index (χ4n) is 10.6. The Morgan fingerprint density at radius 2 is 1.14 bits per heavy atom. The molecule has 11 rings (SSSR count). The molecule has 1 spiro atoms. The van der Waals surface area contributed by atoms with Crippen molar-refractivity contribution in [2.24, 2.45) is 11.8 Å². The molecule has 0 heterocycles. The van der Waals surface area contributed by atoms with Crippen molar-refractivity contribution in [3.63, 3.8) is 0 Å². The highest BCUT2D eigenvalue weighted by Crippen LogP contribution is 2.86. The molecule has 4 aromatic carbocycles. The summed E-state index contributed by atoms with van der Waals surface area (Å²) < 4.78 is 0. The van der Waals surface area contributed by atoms with Gasteiger partial charge in [-0.1, -0.05) is 53.2 Å². The second-order valence-electron chi connectivity index (χ2n) is 13.9. The van der Waals surface area contributed by atoms with Gasteiger partial charge in [0.25, 0.3) is 0 Å². The molecule has 1 nitrogen and oxygen atoms in total. The summed E-state index contributed by atoms with van der Waals surface area (Å²) >= 11 is 0. The Hall–Kier alpha value is -2.64. The molecule has 1 N–H and O–H groups in total. The predicted octanol–water partition coefficient (Wildman–Crippen LogP) is 8.25. The minimum Gasteiger partial charge on any atom is -0.379 e. The van der Waals surface area contributed by atoms with Crippen LogP contribution in [0.1, 0.15) is 103 Å². The first-order valence-corrected chi connectivity index (χ1v) is 14.7. The zero-order valence-corrected chi connectivity index (χ0v) is 23.2. The first-order valence-electron chi connectivity index (χ1n) is 14.7. The molecular formula is C36H36O. The lowest BCUT2D eigenvalue weighted by Crippen LogP contribution is -2.75. The van der Waals surface area contributed by atoms with Crippen molar-refractivity contribution in [3.8, 4) is 11.1 Å². The van der Waals surface area contributed by atoms with Crippen molar-refractivity contribution in [1.82, 2.24) is 0 Å². The van der Waals surface area contributed by atoms with Crippen LogP contribution in [0.15, 0.2) is 24.3 Å². The van der Waals surface area contributed by atoms with Crippen LogP contribution in [0, 0.1) is 25.7 Å². The lowest BCUT2D eigenvalue weighted by atomic mass is 9.28. The molecule has 0 atom stereocenters. The fourth-order valence-corrected chi connectivity index (χ4v) is 10.6. The molecule has 0 aliphatic heterocycles. The van der Waals surface area contributed by atoms with E-state index in [4.69, 9.17) is 0 Å². The zero-order valence-electron chi connectivity index (χ0n) is 23.2. The van der Waals surface area contributed by atoms with Crippen molar-refractivity contribution < 1.29 is 5.11 Å². The van der Waals surface area contributed by atoms with Gasteiger partial charge in [-0.05, 0) is 134 Å². The molecule has 37 heavy (non-hydrogen) atoms. The van der Waals surface area contributed by atoms with E-state index in [-0.39, 0.29) is 10.8 Å². The molecular weight excluding hydrogens is 448 g/mol. The maximum Gasteiger partial charge on any atom is 0.132 e. The quantitative estimate of drug-likeness (QED) is 0.292. The first kappa shape index (κ1) is 21.3. The summed E-state index contributed by atoms with van der Waals surface area (Å²) in [5.74, 6) is 1.15. The molecule has 0 fully saturated rings. The molecule has 0 saturated heterocycles. The molecule has 0 radical (unpaired) electrons. The van der Waals surface area contributed by atoms with Crippen molar-refractivity contribution in [3.05, 3.63) is 79.9 Å². The molecule has 186 valence electrons. The molecule has 7 aliphatic carbocycles. The van der Waals surface area contributed by atoms with Crippen LogP contribution in [-0.4, -0.2) is 5.11 Å². The maximum atomic E-state index is 13.8. The molecule has 0 saturated carbocycles. The van der Waals surface area contributed by atoms with E-state index < -0.39 is 5.60 Å². The van der Waals surface area contributed by atoms with Crippen molar-refractivity contribution in [2.45, 2.75) is 90.6 Å². The average Bonchev–Trinajstić information content (AvgIpc) is 2.84. The standard InChI is InChI=1S/C36H36O/c1-8-9-34-26-14-24-20-12-18(6)28-29-19(7)13-21-23(11-17(4)5)31-27(34)15-25(21)33(29)36(37,32(24)28)35(31,34)30(26)22(20)10-16(2)3/h12-17,37H,8-11H2,1-7H3. The Bertz CT molecular complexity index is 1710. The lowest BCUT2D eigenvalue weighted by molar-refractivity contribution is -0.0537. The molecule has 4 aromatic rings. The van der Waals surface area contributed by atoms with Gasteiger partial charge in [0.15, 0.2) is 0 Å². The Kier molecular flexibility index (Phi) is 3.36. The van der Waals surface area contributed by atoms with Crippen LogP contribution in [0.3, 0.4) is 0 Å². The van der Waals surface area contributed by atoms with Gasteiger partial charge in [0.2, 0.25) is 0 Å². The first-order chi connectivity index (χ1) is 17.7. The summed E-state index contributed by atoms with van der Waals surface area (Å²) in [4.78, 5) is 0. The van der Waals surface area contributed by atoms with Crippen LogP contribution >= 0.6 is 0 Å². The van der Waals surface area contributed by atoms with Gasteiger partial charge >= 0.3 is 0 Å². The van der Waals surface area contributed by atoms with E-state index in [1.165, 1.54) is 66.1 Å². The molecule has 1 heteroatoms. The van der Waals surface area contributed by atoms with Crippen LogP contribution in [0.25, 0.3) is 32.7 Å². The summed E-state index contributed by atoms with van der Waals surface area (Å²) in [6.45, 7) is 16.4. The van der Waals surface area contributed by atoms with Gasteiger partial charge in [0, 0.05) is 16.5 Å². The highest BCUT2D eigenvalue weighted by molar-refractivity contribution is 6.14. The van der Waals surface area contributed by atoms with E-state index in [1.54, 1.807) is 22.3 Å². The van der Waals surface area contributed by atoms with Crippen LogP contribution in [0.2, 0.25) is 0 Å². The molecule has 0 amide bonds. The summed E-state index contributed by atoms with van der Waals surface area (Å²) in [7, 11) is 0. The normalized spacial score (nSPS) is 27.6. The third-order valence-corrected chi connectivity index (χ3v) is 11.2. The monoisotopic (exact) mass is 484 g/mol. The minimum atomic E-state index is -0.978. The third kappa shape index (κ3) is 1.69. The number of rotatable bonds is 6. The Labute approximate surface area is 219 Å². The Balaban J connectivity index is 1.62. The maximum absolute atomic E-state index is 13.8. The van der Waals surface area contributed by atoms with E-state index in [2.05, 4.69) is 72.7 Å². The number of aryl methyl sites for hydroxylation is 2. The van der Waals surface area contributed by atoms with E-state index in [0.29, 0.717) is 11.8 Å². The summed E-state index contributed by atoms with van der Waals surface area (Å²) in [6, 6.07) is 10.1. The smallest absolute Gasteiger partial charge is 0.132 e. The number of hydrogen-bond acceptors (Lipinski definition) is 1. The Morgan fingerprint density at radius 3 is 1.54 bits per heavy atom. The molecule has 0 aromatic heterocycles. The van der Waals surface area contributed by atoms with Gasteiger partial charge in [-0.3, -0.25) is 0 Å². The topological polar surface area (TPSA) is 20.2 Å². The highest BCUT2D eigenvalue weighted by atomic mass is 16.3. The van der Waals surface area contributed by atoms with Gasteiger partial charge in [-0.25, -0.2) is 0 Å². The molecule has 0 unspecified atom stereocenters. The van der Waals surface area contributed by atoms with E-state index in [1.807, 2.05) is 0 Å². The summed E-state index contributed by atoms with van der Waals surface area (Å²) in [5, 5.41) is 19.3. The van der Waals surface area contributed by atoms with E-state index in [0.717, 1.165) is 25.7 Å². The SMILES string of the molecule is CCCC12c3cc4c5c6c(C)cc4c(CC(C)C)c3C13c1c2cc2c(c-6c(C)cc2c1CC(C)C)C53O. The molecule has 7 aliphatic rings. The van der Waals surface area contributed by atoms with Crippen LogP contribution < -0.4 is 0 Å².